The van der Waals surface area contributed by atoms with Gasteiger partial charge in [-0.3, -0.25) is 9.59 Å². The number of rotatable bonds is 5. The summed E-state index contributed by atoms with van der Waals surface area (Å²) in [5.41, 5.74) is 2.54. The molecule has 4 heteroatoms. The molecule has 0 saturated carbocycles. The normalized spacial score (nSPS) is 11.9. The smallest absolute Gasteiger partial charge is 0.303 e. The molecule has 98 valence electrons. The Labute approximate surface area is 107 Å². The summed E-state index contributed by atoms with van der Waals surface area (Å²) < 4.78 is 0. The molecule has 1 aromatic carbocycles. The van der Waals surface area contributed by atoms with Gasteiger partial charge < -0.3 is 10.4 Å². The minimum atomic E-state index is -0.844. The number of hydrogen-bond acceptors (Lipinski definition) is 2. The summed E-state index contributed by atoms with van der Waals surface area (Å²) >= 11 is 0. The zero-order valence-electron chi connectivity index (χ0n) is 11.0. The first kappa shape index (κ1) is 14.2. The van der Waals surface area contributed by atoms with Crippen LogP contribution in [0.4, 0.5) is 0 Å². The molecule has 18 heavy (non-hydrogen) atoms. The SMILES string of the molecule is Cc1cccc(C)c1C(=O)NC[C@@H](C)CC(=O)O. The molecule has 0 heterocycles. The van der Waals surface area contributed by atoms with Crippen molar-refractivity contribution in [2.45, 2.75) is 27.2 Å². The van der Waals surface area contributed by atoms with Crippen molar-refractivity contribution >= 4 is 11.9 Å². The highest BCUT2D eigenvalue weighted by molar-refractivity contribution is 5.97. The predicted octanol–water partition coefficient (Wildman–Crippen LogP) is 2.14. The molecule has 4 nitrogen and oxygen atoms in total. The van der Waals surface area contributed by atoms with E-state index >= 15 is 0 Å². The van der Waals surface area contributed by atoms with Crippen LogP contribution in [0.25, 0.3) is 0 Å². The second-order valence-corrected chi connectivity index (χ2v) is 4.68. The third-order valence-corrected chi connectivity index (χ3v) is 2.84. The van der Waals surface area contributed by atoms with Gasteiger partial charge in [-0.1, -0.05) is 25.1 Å². The van der Waals surface area contributed by atoms with Crippen LogP contribution in [0.5, 0.6) is 0 Å². The topological polar surface area (TPSA) is 66.4 Å². The summed E-state index contributed by atoms with van der Waals surface area (Å²) in [6.07, 6.45) is 0.0625. The summed E-state index contributed by atoms with van der Waals surface area (Å²) in [7, 11) is 0. The van der Waals surface area contributed by atoms with Gasteiger partial charge in [-0.15, -0.1) is 0 Å². The van der Waals surface area contributed by atoms with Crippen LogP contribution in [0, 0.1) is 19.8 Å². The van der Waals surface area contributed by atoms with Gasteiger partial charge in [-0.05, 0) is 30.9 Å². The highest BCUT2D eigenvalue weighted by Gasteiger charge is 2.13. The van der Waals surface area contributed by atoms with Crippen LogP contribution in [0.3, 0.4) is 0 Å². The summed E-state index contributed by atoms with van der Waals surface area (Å²) in [4.78, 5) is 22.5. The second kappa shape index (κ2) is 6.19. The number of carbonyl (C=O) groups is 2. The van der Waals surface area contributed by atoms with E-state index < -0.39 is 5.97 Å². The van der Waals surface area contributed by atoms with Crippen LogP contribution >= 0.6 is 0 Å². The lowest BCUT2D eigenvalue weighted by Crippen LogP contribution is -2.30. The summed E-state index contributed by atoms with van der Waals surface area (Å²) in [6.45, 7) is 5.96. The predicted molar refractivity (Wildman–Crippen MR) is 69.7 cm³/mol. The van der Waals surface area contributed by atoms with Crippen molar-refractivity contribution in [2.24, 2.45) is 5.92 Å². The van der Waals surface area contributed by atoms with Crippen molar-refractivity contribution in [2.75, 3.05) is 6.54 Å². The fourth-order valence-electron chi connectivity index (χ4n) is 1.90. The molecule has 1 amide bonds. The number of amides is 1. The maximum absolute atomic E-state index is 12.0. The monoisotopic (exact) mass is 249 g/mol. The van der Waals surface area contributed by atoms with E-state index in [4.69, 9.17) is 5.11 Å². The van der Waals surface area contributed by atoms with Crippen LogP contribution in [0.1, 0.15) is 34.8 Å². The number of nitrogens with one attached hydrogen (secondary N) is 1. The fraction of sp³-hybridized carbons (Fsp3) is 0.429. The van der Waals surface area contributed by atoms with E-state index in [-0.39, 0.29) is 18.2 Å². The Morgan fingerprint density at radius 1 is 1.28 bits per heavy atom. The van der Waals surface area contributed by atoms with Crippen molar-refractivity contribution < 1.29 is 14.7 Å². The Morgan fingerprint density at radius 3 is 2.33 bits per heavy atom. The van der Waals surface area contributed by atoms with E-state index in [0.717, 1.165) is 11.1 Å². The standard InChI is InChI=1S/C14H19NO3/c1-9(7-12(16)17)8-15-14(18)13-10(2)5-4-6-11(13)3/h4-6,9H,7-8H2,1-3H3,(H,15,18)(H,16,17)/t9-/m0/s1. The highest BCUT2D eigenvalue weighted by atomic mass is 16.4. The molecule has 0 aromatic heterocycles. The molecule has 0 fully saturated rings. The van der Waals surface area contributed by atoms with E-state index in [1.54, 1.807) is 6.92 Å². The third-order valence-electron chi connectivity index (χ3n) is 2.84. The average Bonchev–Trinajstić information content (AvgIpc) is 2.25. The molecule has 2 N–H and O–H groups in total. The van der Waals surface area contributed by atoms with Crippen LogP contribution in [-0.2, 0) is 4.79 Å². The Morgan fingerprint density at radius 2 is 1.83 bits per heavy atom. The zero-order valence-corrected chi connectivity index (χ0v) is 11.0. The maximum atomic E-state index is 12.0. The molecule has 0 aliphatic rings. The van der Waals surface area contributed by atoms with Crippen LogP contribution in [0.2, 0.25) is 0 Å². The maximum Gasteiger partial charge on any atom is 0.303 e. The summed E-state index contributed by atoms with van der Waals surface area (Å²) in [5, 5.41) is 11.4. The second-order valence-electron chi connectivity index (χ2n) is 4.68. The van der Waals surface area contributed by atoms with Crippen LogP contribution in [0.15, 0.2) is 18.2 Å². The largest absolute Gasteiger partial charge is 0.481 e. The van der Waals surface area contributed by atoms with Gasteiger partial charge in [0.1, 0.15) is 0 Å². The Balaban J connectivity index is 2.63. The third kappa shape index (κ3) is 3.87. The number of carboxylic acid groups (broad SMARTS) is 1. The molecule has 0 saturated heterocycles. The number of benzene rings is 1. The van der Waals surface area contributed by atoms with Gasteiger partial charge in [-0.25, -0.2) is 0 Å². The van der Waals surface area contributed by atoms with Crippen LogP contribution in [-0.4, -0.2) is 23.5 Å². The number of carboxylic acids is 1. The van der Waals surface area contributed by atoms with Gasteiger partial charge in [0.15, 0.2) is 0 Å². The fourth-order valence-corrected chi connectivity index (χ4v) is 1.90. The molecule has 1 rings (SSSR count). The van der Waals surface area contributed by atoms with E-state index in [2.05, 4.69) is 5.32 Å². The van der Waals surface area contributed by atoms with E-state index in [9.17, 15) is 9.59 Å². The van der Waals surface area contributed by atoms with Crippen molar-refractivity contribution in [3.63, 3.8) is 0 Å². The van der Waals surface area contributed by atoms with Crippen molar-refractivity contribution in [1.82, 2.24) is 5.32 Å². The first-order chi connectivity index (χ1) is 8.41. The van der Waals surface area contributed by atoms with Gasteiger partial charge in [-0.2, -0.15) is 0 Å². The Hall–Kier alpha value is -1.84. The quantitative estimate of drug-likeness (QED) is 0.840. The number of carbonyl (C=O) groups excluding carboxylic acids is 1. The molecular weight excluding hydrogens is 230 g/mol. The first-order valence-corrected chi connectivity index (χ1v) is 5.98. The lowest BCUT2D eigenvalue weighted by molar-refractivity contribution is -0.137. The number of aliphatic carboxylic acids is 1. The van der Waals surface area contributed by atoms with E-state index in [1.165, 1.54) is 0 Å². The van der Waals surface area contributed by atoms with Crippen molar-refractivity contribution in [3.8, 4) is 0 Å². The summed E-state index contributed by atoms with van der Waals surface area (Å²) in [6, 6.07) is 5.69. The van der Waals surface area contributed by atoms with Crippen molar-refractivity contribution in [3.05, 3.63) is 34.9 Å². The number of aryl methyl sites for hydroxylation is 2. The van der Waals surface area contributed by atoms with Gasteiger partial charge in [0.25, 0.3) is 5.91 Å². The molecule has 0 bridgehead atoms. The molecule has 0 radical (unpaired) electrons. The van der Waals surface area contributed by atoms with Gasteiger partial charge >= 0.3 is 5.97 Å². The summed E-state index contributed by atoms with van der Waals surface area (Å²) in [5.74, 6) is -1.05. The van der Waals surface area contributed by atoms with E-state index in [0.29, 0.717) is 12.1 Å². The lowest BCUT2D eigenvalue weighted by Gasteiger charge is -2.13. The van der Waals surface area contributed by atoms with Gasteiger partial charge in [0.2, 0.25) is 0 Å². The molecular formula is C14H19NO3. The average molecular weight is 249 g/mol. The molecule has 0 unspecified atom stereocenters. The molecule has 0 aliphatic carbocycles. The molecule has 0 spiro atoms. The highest BCUT2D eigenvalue weighted by Crippen LogP contribution is 2.13. The van der Waals surface area contributed by atoms with Crippen molar-refractivity contribution in [1.29, 1.82) is 0 Å². The lowest BCUT2D eigenvalue weighted by atomic mass is 10.0. The molecule has 1 atom stereocenters. The van der Waals surface area contributed by atoms with Gasteiger partial charge in [0.05, 0.1) is 0 Å². The molecule has 0 aliphatic heterocycles. The van der Waals surface area contributed by atoms with Gasteiger partial charge in [0, 0.05) is 18.5 Å². The number of hydrogen-bond donors (Lipinski definition) is 2. The zero-order chi connectivity index (χ0) is 13.7. The Kier molecular flexibility index (Phi) is 4.89. The minimum absolute atomic E-state index is 0.0625. The van der Waals surface area contributed by atoms with E-state index in [1.807, 2.05) is 32.0 Å². The van der Waals surface area contributed by atoms with Crippen LogP contribution < -0.4 is 5.32 Å². The first-order valence-electron chi connectivity index (χ1n) is 5.98. The Bertz CT molecular complexity index is 434. The molecule has 1 aromatic rings. The minimum Gasteiger partial charge on any atom is -0.481 e.